The summed E-state index contributed by atoms with van der Waals surface area (Å²) in [6, 6.07) is -0.207. The van der Waals surface area contributed by atoms with Crippen molar-refractivity contribution < 1.29 is 14.6 Å². The number of carbonyl (C=O) groups excluding carboxylic acids is 1. The zero-order valence-electron chi connectivity index (χ0n) is 10.2. The van der Waals surface area contributed by atoms with Crippen molar-refractivity contribution in [2.24, 2.45) is 5.73 Å². The van der Waals surface area contributed by atoms with Crippen molar-refractivity contribution in [1.29, 1.82) is 0 Å². The zero-order valence-corrected chi connectivity index (χ0v) is 10.2. The molecule has 4 N–H and O–H groups in total. The molecule has 1 amide bonds. The third-order valence-electron chi connectivity index (χ3n) is 2.59. The summed E-state index contributed by atoms with van der Waals surface area (Å²) in [7, 11) is 0. The predicted octanol–water partition coefficient (Wildman–Crippen LogP) is 0.752. The van der Waals surface area contributed by atoms with Crippen LogP contribution in [0.15, 0.2) is 0 Å². The lowest BCUT2D eigenvalue weighted by Gasteiger charge is -2.31. The van der Waals surface area contributed by atoms with E-state index < -0.39 is 17.8 Å². The lowest BCUT2D eigenvalue weighted by atomic mass is 9.89. The van der Waals surface area contributed by atoms with Crippen LogP contribution in [0, 0.1) is 0 Å². The van der Waals surface area contributed by atoms with E-state index in [1.807, 2.05) is 20.8 Å². The minimum Gasteiger partial charge on any atom is -0.444 e. The van der Waals surface area contributed by atoms with Crippen LogP contribution in [0.3, 0.4) is 0 Å². The Hall–Kier alpha value is -0.810. The summed E-state index contributed by atoms with van der Waals surface area (Å²) in [5, 5.41) is 12.3. The Bertz CT molecular complexity index is 250. The van der Waals surface area contributed by atoms with Crippen molar-refractivity contribution in [3.05, 3.63) is 0 Å². The van der Waals surface area contributed by atoms with E-state index in [9.17, 15) is 9.90 Å². The summed E-state index contributed by atoms with van der Waals surface area (Å²) in [5.74, 6) is 0. The molecule has 1 saturated carbocycles. The lowest BCUT2D eigenvalue weighted by Crippen LogP contribution is -2.48. The van der Waals surface area contributed by atoms with Gasteiger partial charge < -0.3 is 20.9 Å². The Morgan fingerprint density at radius 1 is 1.44 bits per heavy atom. The Kier molecular flexibility index (Phi) is 4.15. The highest BCUT2D eigenvalue weighted by atomic mass is 16.6. The van der Waals surface area contributed by atoms with Gasteiger partial charge in [0.05, 0.1) is 6.10 Å². The van der Waals surface area contributed by atoms with Gasteiger partial charge in [-0.3, -0.25) is 0 Å². The van der Waals surface area contributed by atoms with Crippen LogP contribution in [0.4, 0.5) is 4.79 Å². The standard InChI is InChI=1S/C11H22N2O3/c1-11(2,3)16-10(15)13-7-4-5-8(12)9(14)6-7/h7-9,14H,4-6,12H2,1-3H3,(H,13,15)/t7-,8-,9-/m1/s1. The van der Waals surface area contributed by atoms with Gasteiger partial charge >= 0.3 is 6.09 Å². The number of carbonyl (C=O) groups is 1. The fraction of sp³-hybridized carbons (Fsp3) is 0.909. The van der Waals surface area contributed by atoms with Crippen LogP contribution < -0.4 is 11.1 Å². The van der Waals surface area contributed by atoms with Gasteiger partial charge in [0.15, 0.2) is 0 Å². The number of aliphatic hydroxyl groups is 1. The van der Waals surface area contributed by atoms with E-state index in [1.165, 1.54) is 0 Å². The SMILES string of the molecule is CC(C)(C)OC(=O)N[C@@H]1CC[C@@H](N)[C@H](O)C1. The topological polar surface area (TPSA) is 84.6 Å². The van der Waals surface area contributed by atoms with Gasteiger partial charge in [0.2, 0.25) is 0 Å². The lowest BCUT2D eigenvalue weighted by molar-refractivity contribution is 0.0429. The van der Waals surface area contributed by atoms with Crippen LogP contribution in [-0.4, -0.2) is 35.0 Å². The summed E-state index contributed by atoms with van der Waals surface area (Å²) in [6.07, 6.45) is 1.05. The van der Waals surface area contributed by atoms with Crippen LogP contribution >= 0.6 is 0 Å². The second-order valence-corrected chi connectivity index (χ2v) is 5.39. The fourth-order valence-corrected chi connectivity index (χ4v) is 1.78. The molecule has 0 unspecified atom stereocenters. The van der Waals surface area contributed by atoms with E-state index in [-0.39, 0.29) is 12.1 Å². The first kappa shape index (κ1) is 13.3. The predicted molar refractivity (Wildman–Crippen MR) is 61.0 cm³/mol. The van der Waals surface area contributed by atoms with Crippen molar-refractivity contribution in [3.8, 4) is 0 Å². The van der Waals surface area contributed by atoms with Gasteiger partial charge in [-0.15, -0.1) is 0 Å². The third kappa shape index (κ3) is 4.37. The fourth-order valence-electron chi connectivity index (χ4n) is 1.78. The molecule has 94 valence electrons. The number of aliphatic hydroxyl groups excluding tert-OH is 1. The van der Waals surface area contributed by atoms with Gasteiger partial charge in [-0.25, -0.2) is 4.79 Å². The van der Waals surface area contributed by atoms with Crippen LogP contribution in [0.5, 0.6) is 0 Å². The number of nitrogens with two attached hydrogens (primary N) is 1. The first-order chi connectivity index (χ1) is 7.28. The Balaban J connectivity index is 2.35. The summed E-state index contributed by atoms with van der Waals surface area (Å²) in [4.78, 5) is 11.5. The number of alkyl carbamates (subject to hydrolysis) is 1. The molecule has 0 radical (unpaired) electrons. The van der Waals surface area contributed by atoms with Crippen LogP contribution in [0.25, 0.3) is 0 Å². The Morgan fingerprint density at radius 3 is 2.56 bits per heavy atom. The van der Waals surface area contributed by atoms with E-state index in [0.717, 1.165) is 12.8 Å². The maximum Gasteiger partial charge on any atom is 0.407 e. The number of amides is 1. The van der Waals surface area contributed by atoms with Crippen molar-refractivity contribution in [2.75, 3.05) is 0 Å². The van der Waals surface area contributed by atoms with Gasteiger partial charge in [-0.1, -0.05) is 0 Å². The third-order valence-corrected chi connectivity index (χ3v) is 2.59. The molecule has 3 atom stereocenters. The number of hydrogen-bond donors (Lipinski definition) is 3. The highest BCUT2D eigenvalue weighted by Gasteiger charge is 2.28. The molecule has 16 heavy (non-hydrogen) atoms. The highest BCUT2D eigenvalue weighted by molar-refractivity contribution is 5.68. The number of rotatable bonds is 1. The number of ether oxygens (including phenoxy) is 1. The van der Waals surface area contributed by atoms with Gasteiger partial charge in [-0.05, 0) is 40.0 Å². The first-order valence-corrected chi connectivity index (χ1v) is 5.71. The van der Waals surface area contributed by atoms with Gasteiger partial charge in [-0.2, -0.15) is 0 Å². The maximum atomic E-state index is 11.5. The van der Waals surface area contributed by atoms with Crippen molar-refractivity contribution in [1.82, 2.24) is 5.32 Å². The molecule has 1 aliphatic rings. The van der Waals surface area contributed by atoms with E-state index in [0.29, 0.717) is 6.42 Å². The number of nitrogens with one attached hydrogen (secondary N) is 1. The molecule has 0 aliphatic heterocycles. The minimum absolute atomic E-state index is 0.0374. The monoisotopic (exact) mass is 230 g/mol. The van der Waals surface area contributed by atoms with Crippen molar-refractivity contribution >= 4 is 6.09 Å². The highest BCUT2D eigenvalue weighted by Crippen LogP contribution is 2.18. The summed E-state index contributed by atoms with van der Waals surface area (Å²) in [6.45, 7) is 5.45. The number of hydrogen-bond acceptors (Lipinski definition) is 4. The van der Waals surface area contributed by atoms with Gasteiger partial charge in [0, 0.05) is 12.1 Å². The molecular formula is C11H22N2O3. The zero-order chi connectivity index (χ0) is 12.3. The minimum atomic E-state index is -0.534. The van der Waals surface area contributed by atoms with E-state index in [2.05, 4.69) is 5.32 Å². The Labute approximate surface area is 96.3 Å². The molecule has 0 bridgehead atoms. The molecule has 0 aromatic carbocycles. The van der Waals surface area contributed by atoms with Crippen LogP contribution in [0.2, 0.25) is 0 Å². The normalized spacial score (nSPS) is 30.9. The van der Waals surface area contributed by atoms with Crippen LogP contribution in [-0.2, 0) is 4.74 Å². The van der Waals surface area contributed by atoms with Crippen LogP contribution in [0.1, 0.15) is 40.0 Å². The average molecular weight is 230 g/mol. The van der Waals surface area contributed by atoms with Crippen molar-refractivity contribution in [2.45, 2.75) is 63.8 Å². The largest absolute Gasteiger partial charge is 0.444 e. The van der Waals surface area contributed by atoms with E-state index >= 15 is 0 Å². The second kappa shape index (κ2) is 5.01. The molecule has 0 saturated heterocycles. The summed E-state index contributed by atoms with van der Waals surface area (Å²) in [5.41, 5.74) is 5.19. The molecule has 0 aromatic heterocycles. The summed E-state index contributed by atoms with van der Waals surface area (Å²) >= 11 is 0. The molecule has 0 heterocycles. The van der Waals surface area contributed by atoms with Gasteiger partial charge in [0.25, 0.3) is 0 Å². The average Bonchev–Trinajstić information content (AvgIpc) is 2.08. The van der Waals surface area contributed by atoms with Gasteiger partial charge in [0.1, 0.15) is 5.60 Å². The van der Waals surface area contributed by atoms with E-state index in [4.69, 9.17) is 10.5 Å². The second-order valence-electron chi connectivity index (χ2n) is 5.39. The molecule has 5 heteroatoms. The molecule has 0 spiro atoms. The van der Waals surface area contributed by atoms with E-state index in [1.54, 1.807) is 0 Å². The van der Waals surface area contributed by atoms with Crippen molar-refractivity contribution in [3.63, 3.8) is 0 Å². The molecular weight excluding hydrogens is 208 g/mol. The first-order valence-electron chi connectivity index (χ1n) is 5.71. The summed E-state index contributed by atoms with van der Waals surface area (Å²) < 4.78 is 5.14. The molecule has 5 nitrogen and oxygen atoms in total. The quantitative estimate of drug-likeness (QED) is 0.620. The molecule has 1 rings (SSSR count). The molecule has 1 fully saturated rings. The maximum absolute atomic E-state index is 11.5. The molecule has 1 aliphatic carbocycles. The Morgan fingerprint density at radius 2 is 2.06 bits per heavy atom. The molecule has 0 aromatic rings. The smallest absolute Gasteiger partial charge is 0.407 e.